The molecule has 0 aliphatic carbocycles. The number of alkyl halides is 3. The number of fused-ring (bicyclic) bond motifs is 2. The molecule has 7 rings (SSSR count). The highest BCUT2D eigenvalue weighted by molar-refractivity contribution is 7.17. The summed E-state index contributed by atoms with van der Waals surface area (Å²) in [6.45, 7) is 3.88. The number of thiophene rings is 1. The van der Waals surface area contributed by atoms with Crippen LogP contribution in [0, 0.1) is 0 Å². The Hall–Kier alpha value is -4.00. The second-order valence-electron chi connectivity index (χ2n) is 11.6. The van der Waals surface area contributed by atoms with Crippen LogP contribution in [0.15, 0.2) is 60.0 Å². The molecule has 2 saturated heterocycles. The lowest BCUT2D eigenvalue weighted by Gasteiger charge is -2.32. The summed E-state index contributed by atoms with van der Waals surface area (Å²) < 4.78 is 54.3. The van der Waals surface area contributed by atoms with Crippen molar-refractivity contribution in [1.29, 1.82) is 0 Å². The predicted octanol–water partition coefficient (Wildman–Crippen LogP) is 7.11. The van der Waals surface area contributed by atoms with Crippen LogP contribution < -0.4 is 4.74 Å². The molecule has 0 amide bonds. The van der Waals surface area contributed by atoms with Crippen LogP contribution in [-0.4, -0.2) is 56.3 Å². The number of piperidine rings is 1. The monoisotopic (exact) mass is 636 g/mol. The van der Waals surface area contributed by atoms with Crippen LogP contribution in [0.25, 0.3) is 21.1 Å². The van der Waals surface area contributed by atoms with E-state index in [1.165, 1.54) is 6.07 Å². The van der Waals surface area contributed by atoms with E-state index in [-0.39, 0.29) is 28.9 Å². The highest BCUT2D eigenvalue weighted by Gasteiger charge is 2.33. The van der Waals surface area contributed by atoms with E-state index < -0.39 is 17.7 Å². The SMILES string of the molecule is O=C(O)c1ccc2nc(CN3CCC(c4cccc(OCc5csc6c(C(F)(F)F)cccc56)n4)CC3)n(C[C@@H]3CCO3)c2c1. The van der Waals surface area contributed by atoms with E-state index in [1.807, 2.05) is 12.1 Å². The molecule has 1 N–H and O–H groups in total. The van der Waals surface area contributed by atoms with Crippen molar-refractivity contribution in [3.63, 3.8) is 0 Å². The van der Waals surface area contributed by atoms with Crippen LogP contribution in [-0.2, 0) is 30.6 Å². The molecule has 234 valence electrons. The first kappa shape index (κ1) is 29.7. The van der Waals surface area contributed by atoms with Gasteiger partial charge >= 0.3 is 12.1 Å². The molecule has 3 aromatic heterocycles. The van der Waals surface area contributed by atoms with Gasteiger partial charge in [0.25, 0.3) is 0 Å². The largest absolute Gasteiger partial charge is 0.478 e. The molecule has 2 aromatic carbocycles. The van der Waals surface area contributed by atoms with E-state index in [0.717, 1.165) is 78.9 Å². The Balaban J connectivity index is 1.00. The van der Waals surface area contributed by atoms with Crippen LogP contribution >= 0.6 is 11.3 Å². The summed E-state index contributed by atoms with van der Waals surface area (Å²) in [5.41, 5.74) is 2.85. The first-order valence-corrected chi connectivity index (χ1v) is 15.8. The van der Waals surface area contributed by atoms with Gasteiger partial charge in [0, 0.05) is 34.5 Å². The number of nitrogens with zero attached hydrogens (tertiary/aromatic N) is 4. The number of hydrogen-bond acceptors (Lipinski definition) is 7. The van der Waals surface area contributed by atoms with Gasteiger partial charge < -0.3 is 19.1 Å². The summed E-state index contributed by atoms with van der Waals surface area (Å²) in [7, 11) is 0. The quantitative estimate of drug-likeness (QED) is 0.184. The number of hydrogen-bond donors (Lipinski definition) is 1. The third-order valence-electron chi connectivity index (χ3n) is 8.73. The van der Waals surface area contributed by atoms with Crippen molar-refractivity contribution in [3.05, 3.63) is 88.2 Å². The number of ether oxygens (including phenoxy) is 2. The van der Waals surface area contributed by atoms with E-state index in [9.17, 15) is 23.1 Å². The molecule has 2 aliphatic heterocycles. The first-order valence-electron chi connectivity index (χ1n) is 15.0. The second kappa shape index (κ2) is 12.1. The topological polar surface area (TPSA) is 89.7 Å². The van der Waals surface area contributed by atoms with Crippen molar-refractivity contribution in [2.24, 2.45) is 0 Å². The molecule has 8 nitrogen and oxygen atoms in total. The van der Waals surface area contributed by atoms with E-state index in [4.69, 9.17) is 19.4 Å². The maximum atomic E-state index is 13.4. The van der Waals surface area contributed by atoms with Crippen molar-refractivity contribution in [2.45, 2.75) is 57.2 Å². The molecule has 0 bridgehead atoms. The van der Waals surface area contributed by atoms with Crippen molar-refractivity contribution >= 4 is 38.4 Å². The molecule has 2 aliphatic rings. The summed E-state index contributed by atoms with van der Waals surface area (Å²) >= 11 is 1.08. The maximum Gasteiger partial charge on any atom is 0.417 e. The molecule has 0 saturated carbocycles. The van der Waals surface area contributed by atoms with Crippen LogP contribution in [0.5, 0.6) is 5.88 Å². The minimum Gasteiger partial charge on any atom is -0.478 e. The van der Waals surface area contributed by atoms with Crippen LogP contribution in [0.3, 0.4) is 0 Å². The average Bonchev–Trinajstić information content (AvgIpc) is 3.58. The number of aromatic carboxylic acids is 1. The second-order valence-corrected chi connectivity index (χ2v) is 12.5. The summed E-state index contributed by atoms with van der Waals surface area (Å²) in [6.07, 6.45) is -1.51. The number of aromatic nitrogens is 3. The normalized spacial score (nSPS) is 18.0. The molecule has 0 spiro atoms. The lowest BCUT2D eigenvalue weighted by Crippen LogP contribution is -2.35. The third-order valence-corrected chi connectivity index (χ3v) is 9.81. The van der Waals surface area contributed by atoms with E-state index >= 15 is 0 Å². The van der Waals surface area contributed by atoms with Gasteiger partial charge in [-0.05, 0) is 73.5 Å². The smallest absolute Gasteiger partial charge is 0.417 e. The molecule has 2 fully saturated rings. The van der Waals surface area contributed by atoms with E-state index in [2.05, 4.69) is 9.47 Å². The van der Waals surface area contributed by atoms with Crippen LogP contribution in [0.4, 0.5) is 13.2 Å². The number of halogens is 3. The van der Waals surface area contributed by atoms with Crippen LogP contribution in [0.1, 0.15) is 58.2 Å². The standard InChI is InChI=1S/C33H31F3N4O4S/c34-33(35,36)25-4-1-3-24-22(19-45-31(24)25)18-44-30-6-2-5-26(38-30)20-9-12-39(13-10-20)17-29-37-27-8-7-21(32(41)42)15-28(27)40(29)16-23-11-14-43-23/h1-8,15,19-20,23H,9-14,16-18H2,(H,41,42)/t23-/m0/s1. The van der Waals surface area contributed by atoms with E-state index in [1.54, 1.807) is 35.7 Å². The first-order chi connectivity index (χ1) is 21.7. The summed E-state index contributed by atoms with van der Waals surface area (Å²) in [6, 6.07) is 15.0. The highest BCUT2D eigenvalue weighted by Crippen LogP contribution is 2.39. The Morgan fingerprint density at radius 3 is 2.60 bits per heavy atom. The number of likely N-dealkylation sites (tertiary alicyclic amines) is 1. The Bertz CT molecular complexity index is 1860. The fraction of sp³-hybridized carbons (Fsp3) is 0.364. The van der Waals surface area contributed by atoms with Gasteiger partial charge in [0.1, 0.15) is 12.4 Å². The van der Waals surface area contributed by atoms with Gasteiger partial charge in [-0.1, -0.05) is 18.2 Å². The highest BCUT2D eigenvalue weighted by atomic mass is 32.1. The molecule has 1 atom stereocenters. The number of benzene rings is 2. The van der Waals surface area contributed by atoms with E-state index in [0.29, 0.717) is 29.9 Å². The molecular weight excluding hydrogens is 605 g/mol. The van der Waals surface area contributed by atoms with Gasteiger partial charge in [0.15, 0.2) is 0 Å². The molecule has 12 heteroatoms. The van der Waals surface area contributed by atoms with Gasteiger partial charge in [-0.2, -0.15) is 13.2 Å². The summed E-state index contributed by atoms with van der Waals surface area (Å²) in [5, 5.41) is 11.8. The summed E-state index contributed by atoms with van der Waals surface area (Å²) in [5.74, 6) is 0.643. The van der Waals surface area contributed by atoms with Crippen LogP contribution in [0.2, 0.25) is 0 Å². The maximum absolute atomic E-state index is 13.4. The van der Waals surface area contributed by atoms with Gasteiger partial charge in [-0.15, -0.1) is 11.3 Å². The van der Waals surface area contributed by atoms with Crippen molar-refractivity contribution in [3.8, 4) is 5.88 Å². The molecule has 5 aromatic rings. The number of carbonyl (C=O) groups is 1. The number of rotatable bonds is 9. The third kappa shape index (κ3) is 6.14. The zero-order valence-electron chi connectivity index (χ0n) is 24.3. The Kier molecular flexibility index (Phi) is 7.96. The predicted molar refractivity (Wildman–Crippen MR) is 164 cm³/mol. The Morgan fingerprint density at radius 1 is 1.07 bits per heavy atom. The zero-order valence-corrected chi connectivity index (χ0v) is 25.1. The van der Waals surface area contributed by atoms with Crippen molar-refractivity contribution in [2.75, 3.05) is 19.7 Å². The summed E-state index contributed by atoms with van der Waals surface area (Å²) in [4.78, 5) is 23.6. The molecule has 0 unspecified atom stereocenters. The molecule has 5 heterocycles. The van der Waals surface area contributed by atoms with Gasteiger partial charge in [0.2, 0.25) is 5.88 Å². The van der Waals surface area contributed by atoms with Gasteiger partial charge in [-0.3, -0.25) is 4.90 Å². The lowest BCUT2D eigenvalue weighted by molar-refractivity contribution is -0.136. The van der Waals surface area contributed by atoms with Gasteiger partial charge in [0.05, 0.1) is 41.4 Å². The number of imidazole rings is 1. The fourth-order valence-electron chi connectivity index (χ4n) is 6.18. The fourth-order valence-corrected chi connectivity index (χ4v) is 7.28. The minimum atomic E-state index is -4.40. The van der Waals surface area contributed by atoms with Crippen molar-refractivity contribution < 1.29 is 32.5 Å². The minimum absolute atomic E-state index is 0.108. The Morgan fingerprint density at radius 2 is 1.87 bits per heavy atom. The number of carboxylic acid groups (broad SMARTS) is 1. The zero-order chi connectivity index (χ0) is 31.1. The number of pyridine rings is 1. The average molecular weight is 637 g/mol. The molecular formula is C33H31F3N4O4S. The van der Waals surface area contributed by atoms with Gasteiger partial charge in [-0.25, -0.2) is 14.8 Å². The molecule has 45 heavy (non-hydrogen) atoms. The lowest BCUT2D eigenvalue weighted by atomic mass is 9.93. The Labute approximate surface area is 261 Å². The van der Waals surface area contributed by atoms with Crippen molar-refractivity contribution in [1.82, 2.24) is 19.4 Å². The molecule has 0 radical (unpaired) electrons. The number of carboxylic acids is 1.